The number of hydrogen-bond donors (Lipinski definition) is 0. The van der Waals surface area contributed by atoms with Crippen molar-refractivity contribution in [3.63, 3.8) is 0 Å². The Morgan fingerprint density at radius 2 is 1.88 bits per heavy atom. The molecule has 2 saturated heterocycles. The van der Waals surface area contributed by atoms with E-state index in [0.29, 0.717) is 37.0 Å². The van der Waals surface area contributed by atoms with E-state index in [1.165, 1.54) is 0 Å². The van der Waals surface area contributed by atoms with E-state index in [4.69, 9.17) is 4.74 Å². The standard InChI is InChI=1S/C17H27F3N4O/c1-23-6-4-13(5-7-23)9-15-21-16(10-14-3-2-8-25-11-14)24(22-15)12-17(18,19)20/h13-14H,2-12H2,1H3/t14-/m1/s1. The molecule has 2 aliphatic heterocycles. The average molecular weight is 360 g/mol. The molecule has 5 nitrogen and oxygen atoms in total. The number of piperidine rings is 1. The van der Waals surface area contributed by atoms with Gasteiger partial charge < -0.3 is 9.64 Å². The van der Waals surface area contributed by atoms with Crippen LogP contribution in [0.5, 0.6) is 0 Å². The summed E-state index contributed by atoms with van der Waals surface area (Å²) in [5.41, 5.74) is 0. The molecule has 2 aliphatic rings. The van der Waals surface area contributed by atoms with E-state index in [1.807, 2.05) is 0 Å². The van der Waals surface area contributed by atoms with Crippen LogP contribution in [0.25, 0.3) is 0 Å². The predicted molar refractivity (Wildman–Crippen MR) is 87.2 cm³/mol. The third-order valence-electron chi connectivity index (χ3n) is 5.16. The van der Waals surface area contributed by atoms with Gasteiger partial charge in [0.1, 0.15) is 12.4 Å². The van der Waals surface area contributed by atoms with Crippen molar-refractivity contribution in [1.82, 2.24) is 19.7 Å². The van der Waals surface area contributed by atoms with Gasteiger partial charge in [0.05, 0.1) is 0 Å². The molecule has 0 radical (unpaired) electrons. The van der Waals surface area contributed by atoms with Gasteiger partial charge in [-0.05, 0) is 57.7 Å². The van der Waals surface area contributed by atoms with Gasteiger partial charge in [0.25, 0.3) is 0 Å². The fraction of sp³-hybridized carbons (Fsp3) is 0.882. The Bertz CT molecular complexity index is 547. The lowest BCUT2D eigenvalue weighted by atomic mass is 9.93. The Morgan fingerprint density at radius 3 is 2.52 bits per heavy atom. The van der Waals surface area contributed by atoms with Crippen LogP contribution >= 0.6 is 0 Å². The minimum Gasteiger partial charge on any atom is -0.381 e. The molecule has 8 heteroatoms. The minimum absolute atomic E-state index is 0.237. The zero-order chi connectivity index (χ0) is 17.9. The third kappa shape index (κ3) is 5.67. The van der Waals surface area contributed by atoms with Crippen molar-refractivity contribution >= 4 is 0 Å². The SMILES string of the molecule is CN1CCC(Cc2nc(C[C@H]3CCCOC3)n(CC(F)(F)F)n2)CC1. The van der Waals surface area contributed by atoms with Gasteiger partial charge in [0, 0.05) is 26.1 Å². The molecule has 1 aromatic heterocycles. The maximum Gasteiger partial charge on any atom is 0.408 e. The lowest BCUT2D eigenvalue weighted by Crippen LogP contribution is -2.31. The van der Waals surface area contributed by atoms with Crippen molar-refractivity contribution < 1.29 is 17.9 Å². The molecule has 0 aliphatic carbocycles. The highest BCUT2D eigenvalue weighted by molar-refractivity contribution is 4.97. The number of hydrogen-bond acceptors (Lipinski definition) is 4. The summed E-state index contributed by atoms with van der Waals surface area (Å²) in [7, 11) is 2.09. The Balaban J connectivity index is 1.69. The highest BCUT2D eigenvalue weighted by atomic mass is 19.4. The first-order valence-electron chi connectivity index (χ1n) is 9.14. The van der Waals surface area contributed by atoms with Gasteiger partial charge in [-0.2, -0.15) is 18.3 Å². The van der Waals surface area contributed by atoms with E-state index in [-0.39, 0.29) is 5.92 Å². The lowest BCUT2D eigenvalue weighted by Gasteiger charge is -2.28. The molecule has 1 aromatic rings. The number of halogens is 3. The van der Waals surface area contributed by atoms with Crippen LogP contribution in [0.1, 0.15) is 37.3 Å². The molecular weight excluding hydrogens is 333 g/mol. The second kappa shape index (κ2) is 8.03. The van der Waals surface area contributed by atoms with Crippen LogP contribution in [0, 0.1) is 11.8 Å². The number of aromatic nitrogens is 3. The first-order chi connectivity index (χ1) is 11.9. The van der Waals surface area contributed by atoms with Crippen LogP contribution in [-0.4, -0.2) is 59.2 Å². The Hall–Kier alpha value is -1.15. The third-order valence-corrected chi connectivity index (χ3v) is 5.16. The highest BCUT2D eigenvalue weighted by Gasteiger charge is 2.31. The van der Waals surface area contributed by atoms with E-state index in [1.54, 1.807) is 0 Å². The van der Waals surface area contributed by atoms with Crippen molar-refractivity contribution in [3.8, 4) is 0 Å². The zero-order valence-corrected chi connectivity index (χ0v) is 14.8. The minimum atomic E-state index is -4.28. The van der Waals surface area contributed by atoms with Crippen LogP contribution < -0.4 is 0 Å². The largest absolute Gasteiger partial charge is 0.408 e. The highest BCUT2D eigenvalue weighted by Crippen LogP contribution is 2.24. The van der Waals surface area contributed by atoms with Crippen LogP contribution in [0.2, 0.25) is 0 Å². The first-order valence-corrected chi connectivity index (χ1v) is 9.14. The van der Waals surface area contributed by atoms with Crippen LogP contribution in [-0.2, 0) is 24.1 Å². The number of alkyl halides is 3. The normalized spacial score (nSPS) is 23.9. The summed E-state index contributed by atoms with van der Waals surface area (Å²) >= 11 is 0. The second-order valence-electron chi connectivity index (χ2n) is 7.46. The Morgan fingerprint density at radius 1 is 1.12 bits per heavy atom. The molecule has 0 amide bonds. The summed E-state index contributed by atoms with van der Waals surface area (Å²) in [6, 6.07) is 0. The van der Waals surface area contributed by atoms with E-state index in [9.17, 15) is 13.2 Å². The van der Waals surface area contributed by atoms with Gasteiger partial charge in [-0.25, -0.2) is 9.67 Å². The summed E-state index contributed by atoms with van der Waals surface area (Å²) in [4.78, 5) is 6.76. The van der Waals surface area contributed by atoms with Crippen molar-refractivity contribution in [2.45, 2.75) is 51.2 Å². The Kier molecular flexibility index (Phi) is 5.99. The molecular formula is C17H27F3N4O. The number of rotatable bonds is 5. The fourth-order valence-electron chi connectivity index (χ4n) is 3.71. The van der Waals surface area contributed by atoms with E-state index in [0.717, 1.165) is 50.1 Å². The van der Waals surface area contributed by atoms with Gasteiger partial charge in [0.2, 0.25) is 0 Å². The lowest BCUT2D eigenvalue weighted by molar-refractivity contribution is -0.143. The average Bonchev–Trinajstić information content (AvgIpc) is 2.90. The Labute approximate surface area is 146 Å². The van der Waals surface area contributed by atoms with E-state index in [2.05, 4.69) is 22.0 Å². The number of likely N-dealkylation sites (tertiary alicyclic amines) is 1. The van der Waals surface area contributed by atoms with Crippen LogP contribution in [0.3, 0.4) is 0 Å². The molecule has 0 N–H and O–H groups in total. The fourth-order valence-corrected chi connectivity index (χ4v) is 3.71. The summed E-state index contributed by atoms with van der Waals surface area (Å²) in [5, 5.41) is 4.21. The van der Waals surface area contributed by atoms with Crippen LogP contribution in [0.15, 0.2) is 0 Å². The molecule has 0 spiro atoms. The quantitative estimate of drug-likeness (QED) is 0.810. The molecule has 142 valence electrons. The predicted octanol–water partition coefficient (Wildman–Crippen LogP) is 2.69. The summed E-state index contributed by atoms with van der Waals surface area (Å²) in [6.45, 7) is 2.34. The van der Waals surface area contributed by atoms with E-state index < -0.39 is 12.7 Å². The van der Waals surface area contributed by atoms with Crippen molar-refractivity contribution in [1.29, 1.82) is 0 Å². The van der Waals surface area contributed by atoms with Gasteiger partial charge in [-0.3, -0.25) is 0 Å². The van der Waals surface area contributed by atoms with E-state index >= 15 is 0 Å². The van der Waals surface area contributed by atoms with Crippen molar-refractivity contribution in [3.05, 3.63) is 11.6 Å². The second-order valence-corrected chi connectivity index (χ2v) is 7.46. The summed E-state index contributed by atoms with van der Waals surface area (Å²) < 4.78 is 45.2. The first kappa shape index (κ1) is 18.6. The van der Waals surface area contributed by atoms with Crippen molar-refractivity contribution in [2.75, 3.05) is 33.4 Å². The summed E-state index contributed by atoms with van der Waals surface area (Å²) in [6.07, 6.45) is 0.940. The zero-order valence-electron chi connectivity index (χ0n) is 14.8. The molecule has 25 heavy (non-hydrogen) atoms. The summed E-state index contributed by atoms with van der Waals surface area (Å²) in [5.74, 6) is 1.71. The molecule has 2 fully saturated rings. The molecule has 0 bridgehead atoms. The molecule has 3 heterocycles. The molecule has 1 atom stereocenters. The van der Waals surface area contributed by atoms with Crippen LogP contribution in [0.4, 0.5) is 13.2 Å². The van der Waals surface area contributed by atoms with Gasteiger partial charge >= 0.3 is 6.18 Å². The number of ether oxygens (including phenoxy) is 1. The number of nitrogens with zero attached hydrogens (tertiary/aromatic N) is 4. The smallest absolute Gasteiger partial charge is 0.381 e. The molecule has 0 aromatic carbocycles. The monoisotopic (exact) mass is 360 g/mol. The maximum atomic E-state index is 12.9. The molecule has 3 rings (SSSR count). The maximum absolute atomic E-state index is 12.9. The van der Waals surface area contributed by atoms with Gasteiger partial charge in [-0.1, -0.05) is 0 Å². The topological polar surface area (TPSA) is 43.2 Å². The molecule has 0 unspecified atom stereocenters. The molecule has 0 saturated carbocycles. The van der Waals surface area contributed by atoms with Gasteiger partial charge in [-0.15, -0.1) is 0 Å². The van der Waals surface area contributed by atoms with Gasteiger partial charge in [0.15, 0.2) is 5.82 Å². The van der Waals surface area contributed by atoms with Crippen molar-refractivity contribution in [2.24, 2.45) is 11.8 Å².